The van der Waals surface area contributed by atoms with Gasteiger partial charge < -0.3 is 5.21 Å². The van der Waals surface area contributed by atoms with Gasteiger partial charge in [-0.05, 0) is 6.42 Å². The average molecular weight is 147 g/mol. The summed E-state index contributed by atoms with van der Waals surface area (Å²) in [5.74, 6) is 0. The molecule has 2 nitrogen and oxygen atoms in total. The fraction of sp³-hybridized carbons (Fsp3) is 1.00. The first kappa shape index (κ1) is 12.6. The summed E-state index contributed by atoms with van der Waals surface area (Å²) in [6, 6.07) is 0. The van der Waals surface area contributed by atoms with E-state index in [2.05, 4.69) is 26.3 Å². The summed E-state index contributed by atoms with van der Waals surface area (Å²) in [7, 11) is 0. The number of unbranched alkanes of at least 4 members (excludes halogenated alkanes) is 2. The second-order valence-corrected chi connectivity index (χ2v) is 2.26. The van der Waals surface area contributed by atoms with Crippen LogP contribution in [0.1, 0.15) is 46.5 Å². The van der Waals surface area contributed by atoms with Crippen LogP contribution in [0.2, 0.25) is 0 Å². The average Bonchev–Trinajstić information content (AvgIpc) is 2.01. The highest BCUT2D eigenvalue weighted by molar-refractivity contribution is 4.30. The molecular formula is C8H21NO. The van der Waals surface area contributed by atoms with Crippen LogP contribution >= 0.6 is 0 Å². The van der Waals surface area contributed by atoms with Crippen LogP contribution in [0.3, 0.4) is 0 Å². The van der Waals surface area contributed by atoms with Crippen LogP contribution in [0, 0.1) is 0 Å². The van der Waals surface area contributed by atoms with Gasteiger partial charge in [-0.25, -0.2) is 5.48 Å². The standard InChI is InChI=1S/C4H11NO.C4H10/c1-2-3-4-5-6;1-3-4-2/h5-6H,2-4H2,1H3;3-4H2,1-2H3. The zero-order valence-electron chi connectivity index (χ0n) is 7.48. The van der Waals surface area contributed by atoms with Gasteiger partial charge in [0.25, 0.3) is 0 Å². The monoisotopic (exact) mass is 147 g/mol. The van der Waals surface area contributed by atoms with Crippen LogP contribution in [0.25, 0.3) is 0 Å². The predicted octanol–water partition coefficient (Wildman–Crippen LogP) is 2.57. The molecule has 0 radical (unpaired) electrons. The van der Waals surface area contributed by atoms with E-state index in [1.165, 1.54) is 12.8 Å². The first-order chi connectivity index (χ1) is 4.83. The van der Waals surface area contributed by atoms with Crippen LogP contribution in [-0.4, -0.2) is 11.8 Å². The maximum absolute atomic E-state index is 7.95. The maximum Gasteiger partial charge on any atom is 0.0207 e. The Morgan fingerprint density at radius 3 is 1.60 bits per heavy atom. The third-order valence-corrected chi connectivity index (χ3v) is 1.14. The minimum atomic E-state index is 0.719. The van der Waals surface area contributed by atoms with E-state index in [-0.39, 0.29) is 0 Å². The van der Waals surface area contributed by atoms with Crippen molar-refractivity contribution in [1.82, 2.24) is 5.48 Å². The van der Waals surface area contributed by atoms with Crippen molar-refractivity contribution in [2.24, 2.45) is 0 Å². The summed E-state index contributed by atoms with van der Waals surface area (Å²) in [5.41, 5.74) is 2.07. The van der Waals surface area contributed by atoms with Gasteiger partial charge in [0.2, 0.25) is 0 Å². The van der Waals surface area contributed by atoms with Crippen LogP contribution in [-0.2, 0) is 0 Å². The Hall–Kier alpha value is -0.0800. The molecule has 0 saturated carbocycles. The summed E-state index contributed by atoms with van der Waals surface area (Å²) in [6.45, 7) is 7.16. The summed E-state index contributed by atoms with van der Waals surface area (Å²) in [4.78, 5) is 0. The van der Waals surface area contributed by atoms with E-state index in [0.717, 1.165) is 19.4 Å². The zero-order valence-corrected chi connectivity index (χ0v) is 7.48. The SMILES string of the molecule is CCCC.CCCCNO. The fourth-order valence-electron chi connectivity index (χ4n) is 0.256. The minimum absolute atomic E-state index is 0.719. The molecule has 0 amide bonds. The largest absolute Gasteiger partial charge is 0.317 e. The van der Waals surface area contributed by atoms with E-state index in [4.69, 9.17) is 5.21 Å². The Kier molecular flexibility index (Phi) is 20.1. The molecule has 10 heavy (non-hydrogen) atoms. The molecule has 0 unspecified atom stereocenters. The van der Waals surface area contributed by atoms with Crippen molar-refractivity contribution in [2.45, 2.75) is 46.5 Å². The van der Waals surface area contributed by atoms with Gasteiger partial charge in [0.05, 0.1) is 0 Å². The zero-order chi connectivity index (χ0) is 8.24. The first-order valence-electron chi connectivity index (χ1n) is 4.20. The van der Waals surface area contributed by atoms with Gasteiger partial charge in [0.1, 0.15) is 0 Å². The highest BCUT2D eigenvalue weighted by Crippen LogP contribution is 1.79. The second-order valence-electron chi connectivity index (χ2n) is 2.26. The summed E-state index contributed by atoms with van der Waals surface area (Å²) in [5, 5.41) is 7.95. The van der Waals surface area contributed by atoms with Gasteiger partial charge in [0.15, 0.2) is 0 Å². The van der Waals surface area contributed by atoms with E-state index in [9.17, 15) is 0 Å². The highest BCUT2D eigenvalue weighted by atomic mass is 16.5. The Balaban J connectivity index is 0. The lowest BCUT2D eigenvalue weighted by atomic mass is 10.3. The summed E-state index contributed by atoms with van der Waals surface area (Å²) < 4.78 is 0. The van der Waals surface area contributed by atoms with Crippen molar-refractivity contribution >= 4 is 0 Å². The third-order valence-electron chi connectivity index (χ3n) is 1.14. The van der Waals surface area contributed by atoms with Crippen LogP contribution < -0.4 is 5.48 Å². The van der Waals surface area contributed by atoms with E-state index >= 15 is 0 Å². The molecule has 0 fully saturated rings. The Morgan fingerprint density at radius 1 is 1.00 bits per heavy atom. The molecule has 0 aromatic carbocycles. The van der Waals surface area contributed by atoms with E-state index in [1.54, 1.807) is 0 Å². The lowest BCUT2D eigenvalue weighted by molar-refractivity contribution is 0.165. The molecule has 0 heterocycles. The fourth-order valence-corrected chi connectivity index (χ4v) is 0.256. The molecular weight excluding hydrogens is 126 g/mol. The molecule has 0 saturated heterocycles. The molecule has 0 aliphatic carbocycles. The van der Waals surface area contributed by atoms with Crippen molar-refractivity contribution in [3.8, 4) is 0 Å². The summed E-state index contributed by atoms with van der Waals surface area (Å²) in [6.07, 6.45) is 4.82. The maximum atomic E-state index is 7.95. The number of hydroxylamine groups is 1. The van der Waals surface area contributed by atoms with Crippen molar-refractivity contribution in [1.29, 1.82) is 0 Å². The predicted molar refractivity (Wildman–Crippen MR) is 45.3 cm³/mol. The topological polar surface area (TPSA) is 32.3 Å². The number of hydrogen-bond donors (Lipinski definition) is 2. The molecule has 0 aliphatic heterocycles. The lowest BCUT2D eigenvalue weighted by Gasteiger charge is -1.88. The lowest BCUT2D eigenvalue weighted by Crippen LogP contribution is -2.07. The smallest absolute Gasteiger partial charge is 0.0207 e. The number of nitrogens with one attached hydrogen (secondary N) is 1. The van der Waals surface area contributed by atoms with Crippen LogP contribution in [0.5, 0.6) is 0 Å². The third kappa shape index (κ3) is 24.7. The summed E-state index contributed by atoms with van der Waals surface area (Å²) >= 11 is 0. The van der Waals surface area contributed by atoms with Gasteiger partial charge in [-0.3, -0.25) is 0 Å². The van der Waals surface area contributed by atoms with Crippen molar-refractivity contribution in [3.63, 3.8) is 0 Å². The second kappa shape index (κ2) is 16.0. The van der Waals surface area contributed by atoms with Crippen molar-refractivity contribution < 1.29 is 5.21 Å². The molecule has 64 valence electrons. The van der Waals surface area contributed by atoms with Crippen molar-refractivity contribution in [2.75, 3.05) is 6.54 Å². The molecule has 2 N–H and O–H groups in total. The highest BCUT2D eigenvalue weighted by Gasteiger charge is 1.74. The molecule has 0 atom stereocenters. The van der Waals surface area contributed by atoms with Crippen LogP contribution in [0.15, 0.2) is 0 Å². The molecule has 0 aliphatic rings. The number of hydrogen-bond acceptors (Lipinski definition) is 2. The van der Waals surface area contributed by atoms with E-state index < -0.39 is 0 Å². The van der Waals surface area contributed by atoms with Crippen molar-refractivity contribution in [3.05, 3.63) is 0 Å². The van der Waals surface area contributed by atoms with Crippen LogP contribution in [0.4, 0.5) is 0 Å². The van der Waals surface area contributed by atoms with E-state index in [1.807, 2.05) is 0 Å². The molecule has 0 aromatic rings. The molecule has 0 aromatic heterocycles. The van der Waals surface area contributed by atoms with Gasteiger partial charge in [-0.1, -0.05) is 40.0 Å². The van der Waals surface area contributed by atoms with Gasteiger partial charge >= 0.3 is 0 Å². The minimum Gasteiger partial charge on any atom is -0.317 e. The van der Waals surface area contributed by atoms with E-state index in [0.29, 0.717) is 0 Å². The molecule has 0 bridgehead atoms. The first-order valence-corrected chi connectivity index (χ1v) is 4.20. The number of rotatable bonds is 4. The van der Waals surface area contributed by atoms with Gasteiger partial charge in [0, 0.05) is 6.54 Å². The quantitative estimate of drug-likeness (QED) is 0.473. The Labute approximate surface area is 64.6 Å². The molecule has 0 rings (SSSR count). The molecule has 0 spiro atoms. The van der Waals surface area contributed by atoms with Gasteiger partial charge in [-0.15, -0.1) is 0 Å². The van der Waals surface area contributed by atoms with Gasteiger partial charge in [-0.2, -0.15) is 0 Å². The Bertz CT molecular complexity index is 34.2. The molecule has 2 heteroatoms. The normalized spacial score (nSPS) is 8.40. The Morgan fingerprint density at radius 2 is 1.50 bits per heavy atom.